The maximum Gasteiger partial charge on any atom is 0.187 e. The van der Waals surface area contributed by atoms with Crippen molar-refractivity contribution in [3.8, 4) is 0 Å². The first-order valence-electron chi connectivity index (χ1n) is 4.10. The lowest BCUT2D eigenvalue weighted by atomic mass is 9.99. The van der Waals surface area contributed by atoms with Gasteiger partial charge in [0.05, 0.1) is 6.61 Å². The van der Waals surface area contributed by atoms with Gasteiger partial charge in [-0.3, -0.25) is 0 Å². The van der Waals surface area contributed by atoms with E-state index in [1.54, 1.807) is 0 Å². The van der Waals surface area contributed by atoms with Crippen molar-refractivity contribution >= 4 is 22.6 Å². The third kappa shape index (κ3) is 2.54. The van der Waals surface area contributed by atoms with E-state index in [1.165, 1.54) is 0 Å². The second kappa shape index (κ2) is 5.54. The van der Waals surface area contributed by atoms with Gasteiger partial charge < -0.3 is 29.9 Å². The molecule has 1 rings (SSSR count). The summed E-state index contributed by atoms with van der Waals surface area (Å²) < 4.78 is 10.3. The summed E-state index contributed by atoms with van der Waals surface area (Å²) in [5, 5.41) is 36.9. The maximum absolute atomic E-state index is 9.41. The molecular formula is C7H13IO6. The topological polar surface area (TPSA) is 99.4 Å². The molecular weight excluding hydrogens is 304 g/mol. The number of alkyl halides is 1. The number of halogens is 1. The molecule has 84 valence electrons. The number of ether oxygens (including phenoxy) is 2. The fourth-order valence-corrected chi connectivity index (χ4v) is 1.62. The molecule has 1 heterocycles. The Bertz CT molecular complexity index is 176. The minimum Gasteiger partial charge on any atom is -0.394 e. The fourth-order valence-electron chi connectivity index (χ4n) is 1.27. The lowest BCUT2D eigenvalue weighted by Gasteiger charge is -2.39. The smallest absolute Gasteiger partial charge is 0.187 e. The van der Waals surface area contributed by atoms with Crippen molar-refractivity contribution in [2.75, 3.05) is 11.2 Å². The molecule has 5 atom stereocenters. The van der Waals surface area contributed by atoms with Gasteiger partial charge in [-0.1, -0.05) is 22.6 Å². The highest BCUT2D eigenvalue weighted by molar-refractivity contribution is 14.1. The van der Waals surface area contributed by atoms with Gasteiger partial charge in [0.2, 0.25) is 0 Å². The molecule has 1 saturated heterocycles. The molecule has 7 heteroatoms. The van der Waals surface area contributed by atoms with Gasteiger partial charge in [-0.25, -0.2) is 0 Å². The van der Waals surface area contributed by atoms with E-state index in [-0.39, 0.29) is 4.61 Å². The molecule has 0 aromatic heterocycles. The van der Waals surface area contributed by atoms with Gasteiger partial charge in [0.15, 0.2) is 6.29 Å². The quantitative estimate of drug-likeness (QED) is 0.362. The zero-order valence-corrected chi connectivity index (χ0v) is 9.44. The molecule has 1 fully saturated rings. The van der Waals surface area contributed by atoms with E-state index in [4.69, 9.17) is 14.6 Å². The fraction of sp³-hybridized carbons (Fsp3) is 1.00. The Morgan fingerprint density at radius 1 is 1.14 bits per heavy atom. The Morgan fingerprint density at radius 3 is 2.29 bits per heavy atom. The van der Waals surface area contributed by atoms with E-state index in [1.807, 2.05) is 22.6 Å². The predicted octanol–water partition coefficient (Wildman–Crippen LogP) is -1.80. The van der Waals surface area contributed by atoms with Crippen molar-refractivity contribution in [2.24, 2.45) is 0 Å². The first-order valence-corrected chi connectivity index (χ1v) is 5.62. The molecule has 14 heavy (non-hydrogen) atoms. The normalized spacial score (nSPS) is 43.9. The first-order chi connectivity index (χ1) is 6.61. The van der Waals surface area contributed by atoms with Crippen molar-refractivity contribution in [3.63, 3.8) is 0 Å². The monoisotopic (exact) mass is 317 g/mol. The van der Waals surface area contributed by atoms with Gasteiger partial charge in [-0.2, -0.15) is 0 Å². The largest absolute Gasteiger partial charge is 0.394 e. The zero-order chi connectivity index (χ0) is 10.7. The molecule has 1 unspecified atom stereocenters. The van der Waals surface area contributed by atoms with Gasteiger partial charge in [-0.15, -0.1) is 0 Å². The van der Waals surface area contributed by atoms with E-state index in [2.05, 4.69) is 0 Å². The molecule has 0 bridgehead atoms. The van der Waals surface area contributed by atoms with Crippen LogP contribution in [0.1, 0.15) is 0 Å². The van der Waals surface area contributed by atoms with Crippen LogP contribution in [0.4, 0.5) is 0 Å². The Kier molecular flexibility index (Phi) is 4.97. The average Bonchev–Trinajstić information content (AvgIpc) is 2.19. The number of hydrogen-bond donors (Lipinski definition) is 4. The highest BCUT2D eigenvalue weighted by Gasteiger charge is 2.43. The van der Waals surface area contributed by atoms with Gasteiger partial charge in [0.1, 0.15) is 29.0 Å². The Labute approximate surface area is 94.6 Å². The van der Waals surface area contributed by atoms with Crippen LogP contribution in [-0.2, 0) is 9.47 Å². The highest BCUT2D eigenvalue weighted by Crippen LogP contribution is 2.22. The van der Waals surface area contributed by atoms with E-state index in [9.17, 15) is 15.3 Å². The molecule has 0 radical (unpaired) electrons. The van der Waals surface area contributed by atoms with Crippen LogP contribution in [0.5, 0.6) is 0 Å². The van der Waals surface area contributed by atoms with E-state index in [0.717, 1.165) is 0 Å². The predicted molar refractivity (Wildman–Crippen MR) is 53.7 cm³/mol. The van der Waals surface area contributed by atoms with Crippen LogP contribution in [0.3, 0.4) is 0 Å². The van der Waals surface area contributed by atoms with Crippen molar-refractivity contribution in [1.29, 1.82) is 0 Å². The standard InChI is InChI=1S/C7H13IO6/c8-2-13-7-6(12)5(11)4(10)3(1-9)14-7/h3-7,9-12H,1-2H2/t3-,4+,5+,6-,7?/m1/s1/i8-3. The lowest BCUT2D eigenvalue weighted by Crippen LogP contribution is -2.59. The van der Waals surface area contributed by atoms with E-state index >= 15 is 0 Å². The van der Waals surface area contributed by atoms with Crippen LogP contribution in [-0.4, -0.2) is 62.4 Å². The summed E-state index contributed by atoms with van der Waals surface area (Å²) in [6, 6.07) is 0. The van der Waals surface area contributed by atoms with Gasteiger partial charge in [0, 0.05) is 0 Å². The summed E-state index contributed by atoms with van der Waals surface area (Å²) in [5.74, 6) is 0. The molecule has 6 nitrogen and oxygen atoms in total. The second-order valence-corrected chi connectivity index (χ2v) is 3.60. The Morgan fingerprint density at radius 2 is 1.79 bits per heavy atom. The molecule has 0 amide bonds. The minimum atomic E-state index is -1.37. The van der Waals surface area contributed by atoms with Crippen LogP contribution < -0.4 is 0 Å². The summed E-state index contributed by atoms with van der Waals surface area (Å²) in [5.41, 5.74) is 0. The molecule has 0 spiro atoms. The molecule has 1 aliphatic heterocycles. The molecule has 1 aliphatic rings. The number of aliphatic hydroxyl groups excluding tert-OH is 4. The maximum atomic E-state index is 9.41. The third-order valence-electron chi connectivity index (χ3n) is 2.08. The molecule has 0 aromatic rings. The van der Waals surface area contributed by atoms with Gasteiger partial charge in [-0.05, 0) is 0 Å². The van der Waals surface area contributed by atoms with Crippen LogP contribution in [0.15, 0.2) is 0 Å². The minimum absolute atomic E-state index is 0.278. The van der Waals surface area contributed by atoms with E-state index in [0.29, 0.717) is 0 Å². The summed E-state index contributed by atoms with van der Waals surface area (Å²) in [7, 11) is 0. The number of aliphatic hydroxyl groups is 4. The molecule has 4 N–H and O–H groups in total. The Balaban J connectivity index is 2.63. The SMILES string of the molecule is OC[C@H]1OC(OC[124I])[C@H](O)[C@@H](O)[C@H]1O. The Hall–Kier alpha value is 0.490. The van der Waals surface area contributed by atoms with Crippen LogP contribution in [0.25, 0.3) is 0 Å². The summed E-state index contributed by atoms with van der Waals surface area (Å²) in [4.78, 5) is 0. The van der Waals surface area contributed by atoms with Crippen molar-refractivity contribution < 1.29 is 29.9 Å². The number of rotatable bonds is 3. The molecule has 0 aromatic carbocycles. The van der Waals surface area contributed by atoms with E-state index < -0.39 is 37.3 Å². The average molecular weight is 317 g/mol. The van der Waals surface area contributed by atoms with Gasteiger partial charge in [0.25, 0.3) is 0 Å². The van der Waals surface area contributed by atoms with Crippen LogP contribution in [0, 0.1) is 0 Å². The van der Waals surface area contributed by atoms with Crippen molar-refractivity contribution in [1.82, 2.24) is 0 Å². The second-order valence-electron chi connectivity index (χ2n) is 2.97. The van der Waals surface area contributed by atoms with Crippen LogP contribution >= 0.6 is 22.6 Å². The lowest BCUT2D eigenvalue weighted by molar-refractivity contribution is -0.295. The van der Waals surface area contributed by atoms with Crippen LogP contribution in [0.2, 0.25) is 0 Å². The van der Waals surface area contributed by atoms with Gasteiger partial charge >= 0.3 is 0 Å². The summed E-state index contributed by atoms with van der Waals surface area (Å²) in [6.07, 6.45) is -5.91. The molecule has 0 aliphatic carbocycles. The summed E-state index contributed by atoms with van der Waals surface area (Å²) >= 11 is 1.91. The zero-order valence-electron chi connectivity index (χ0n) is 7.28. The third-order valence-corrected chi connectivity index (χ3v) is 2.44. The summed E-state index contributed by atoms with van der Waals surface area (Å²) in [6.45, 7) is -0.438. The highest BCUT2D eigenvalue weighted by atomic mass is 124. The first kappa shape index (κ1) is 12.6. The van der Waals surface area contributed by atoms with Crippen molar-refractivity contribution in [2.45, 2.75) is 30.7 Å². The number of hydrogen-bond acceptors (Lipinski definition) is 6. The molecule has 0 saturated carbocycles. The van der Waals surface area contributed by atoms with Crippen molar-refractivity contribution in [3.05, 3.63) is 0 Å².